The van der Waals surface area contributed by atoms with E-state index in [0.717, 1.165) is 0 Å². The van der Waals surface area contributed by atoms with Gasteiger partial charge in [-0.25, -0.2) is 4.39 Å². The molecule has 0 fully saturated rings. The van der Waals surface area contributed by atoms with Crippen molar-refractivity contribution in [3.8, 4) is 6.07 Å². The van der Waals surface area contributed by atoms with Crippen LogP contribution in [0, 0.1) is 23.1 Å². The molecule has 16 heavy (non-hydrogen) atoms. The van der Waals surface area contributed by atoms with Crippen molar-refractivity contribution >= 4 is 5.69 Å². The minimum absolute atomic E-state index is 0.0300. The number of nitrogens with zero attached hydrogens (tertiary/aromatic N) is 1. The molecule has 0 aliphatic carbocycles. The highest BCUT2D eigenvalue weighted by molar-refractivity contribution is 5.49. The fraction of sp³-hybridized carbons (Fsp3) is 0.417. The highest BCUT2D eigenvalue weighted by Gasteiger charge is 2.13. The molecule has 0 radical (unpaired) electrons. The molecular weight excluding hydrogens is 205 g/mol. The summed E-state index contributed by atoms with van der Waals surface area (Å²) in [6.45, 7) is 4.48. The molecule has 1 atom stereocenters. The molecule has 0 saturated carbocycles. The van der Waals surface area contributed by atoms with Gasteiger partial charge in [-0.15, -0.1) is 0 Å². The van der Waals surface area contributed by atoms with Crippen molar-refractivity contribution in [2.24, 2.45) is 11.7 Å². The van der Waals surface area contributed by atoms with Crippen molar-refractivity contribution < 1.29 is 4.39 Å². The first-order valence-corrected chi connectivity index (χ1v) is 5.24. The number of halogens is 1. The molecule has 0 saturated heterocycles. The summed E-state index contributed by atoms with van der Waals surface area (Å²) >= 11 is 0. The van der Waals surface area contributed by atoms with Crippen LogP contribution in [-0.2, 0) is 0 Å². The van der Waals surface area contributed by atoms with Crippen LogP contribution in [0.2, 0.25) is 0 Å². The second-order valence-electron chi connectivity index (χ2n) is 4.04. The molecule has 1 aromatic carbocycles. The standard InChI is InChI=1S/C12H16FN3/c1-8(2)12(7-15)16-11-4-3-9(6-14)5-10(11)13/h3-5,8,12,16H,7,15H2,1-2H3. The summed E-state index contributed by atoms with van der Waals surface area (Å²) in [6.07, 6.45) is 0. The number of rotatable bonds is 4. The van der Waals surface area contributed by atoms with Crippen LogP contribution in [0.5, 0.6) is 0 Å². The Balaban J connectivity index is 2.86. The lowest BCUT2D eigenvalue weighted by Crippen LogP contribution is -2.34. The zero-order chi connectivity index (χ0) is 12.1. The highest BCUT2D eigenvalue weighted by Crippen LogP contribution is 2.18. The van der Waals surface area contributed by atoms with E-state index in [2.05, 4.69) is 5.32 Å². The molecule has 0 aliphatic rings. The number of nitriles is 1. The predicted molar refractivity (Wildman–Crippen MR) is 62.4 cm³/mol. The van der Waals surface area contributed by atoms with Gasteiger partial charge in [0, 0.05) is 12.6 Å². The molecule has 0 aliphatic heterocycles. The lowest BCUT2D eigenvalue weighted by atomic mass is 10.0. The van der Waals surface area contributed by atoms with Crippen LogP contribution in [-0.4, -0.2) is 12.6 Å². The number of nitrogens with two attached hydrogens (primary N) is 1. The highest BCUT2D eigenvalue weighted by atomic mass is 19.1. The zero-order valence-electron chi connectivity index (χ0n) is 9.50. The van der Waals surface area contributed by atoms with Gasteiger partial charge in [0.15, 0.2) is 0 Å². The van der Waals surface area contributed by atoms with E-state index in [1.54, 1.807) is 12.1 Å². The predicted octanol–water partition coefficient (Wildman–Crippen LogP) is 2.09. The van der Waals surface area contributed by atoms with Gasteiger partial charge in [0.05, 0.1) is 17.3 Å². The first kappa shape index (κ1) is 12.5. The third kappa shape index (κ3) is 2.94. The van der Waals surface area contributed by atoms with Crippen molar-refractivity contribution in [2.75, 3.05) is 11.9 Å². The van der Waals surface area contributed by atoms with Gasteiger partial charge in [-0.1, -0.05) is 13.8 Å². The van der Waals surface area contributed by atoms with E-state index in [9.17, 15) is 4.39 Å². The maximum absolute atomic E-state index is 13.5. The minimum atomic E-state index is -0.418. The molecule has 1 unspecified atom stereocenters. The molecule has 0 bridgehead atoms. The maximum atomic E-state index is 13.5. The van der Waals surface area contributed by atoms with Gasteiger partial charge in [0.2, 0.25) is 0 Å². The zero-order valence-corrected chi connectivity index (χ0v) is 9.50. The summed E-state index contributed by atoms with van der Waals surface area (Å²) < 4.78 is 13.5. The Morgan fingerprint density at radius 1 is 1.50 bits per heavy atom. The van der Waals surface area contributed by atoms with E-state index >= 15 is 0 Å². The second-order valence-corrected chi connectivity index (χ2v) is 4.04. The summed E-state index contributed by atoms with van der Waals surface area (Å²) in [4.78, 5) is 0. The maximum Gasteiger partial charge on any atom is 0.147 e. The van der Waals surface area contributed by atoms with Gasteiger partial charge >= 0.3 is 0 Å². The van der Waals surface area contributed by atoms with Crippen LogP contribution in [0.1, 0.15) is 19.4 Å². The second kappa shape index (κ2) is 5.47. The molecule has 0 amide bonds. The molecule has 86 valence electrons. The van der Waals surface area contributed by atoms with Crippen LogP contribution in [0.4, 0.5) is 10.1 Å². The van der Waals surface area contributed by atoms with Crippen molar-refractivity contribution in [3.63, 3.8) is 0 Å². The van der Waals surface area contributed by atoms with Gasteiger partial charge in [0.25, 0.3) is 0 Å². The Kier molecular flexibility index (Phi) is 4.27. The van der Waals surface area contributed by atoms with E-state index in [-0.39, 0.29) is 6.04 Å². The van der Waals surface area contributed by atoms with E-state index in [1.165, 1.54) is 6.07 Å². The Hall–Kier alpha value is -1.60. The van der Waals surface area contributed by atoms with E-state index in [4.69, 9.17) is 11.0 Å². The average Bonchev–Trinajstić information content (AvgIpc) is 2.26. The number of benzene rings is 1. The van der Waals surface area contributed by atoms with Gasteiger partial charge in [-0.3, -0.25) is 0 Å². The quantitative estimate of drug-likeness (QED) is 0.818. The molecule has 4 heteroatoms. The van der Waals surface area contributed by atoms with Crippen LogP contribution in [0.25, 0.3) is 0 Å². The van der Waals surface area contributed by atoms with E-state index in [1.807, 2.05) is 19.9 Å². The molecule has 3 nitrogen and oxygen atoms in total. The molecule has 3 N–H and O–H groups in total. The Morgan fingerprint density at radius 2 is 2.19 bits per heavy atom. The molecule has 1 aromatic rings. The van der Waals surface area contributed by atoms with Gasteiger partial charge < -0.3 is 11.1 Å². The normalized spacial score (nSPS) is 12.2. The van der Waals surface area contributed by atoms with Crippen molar-refractivity contribution in [2.45, 2.75) is 19.9 Å². The fourth-order valence-electron chi connectivity index (χ4n) is 1.40. The summed E-state index contributed by atoms with van der Waals surface area (Å²) in [5.74, 6) is -0.0989. The smallest absolute Gasteiger partial charge is 0.147 e. The number of hydrogen-bond acceptors (Lipinski definition) is 3. The third-order valence-electron chi connectivity index (χ3n) is 2.50. The molecule has 0 spiro atoms. The molecule has 0 heterocycles. The Morgan fingerprint density at radius 3 is 2.62 bits per heavy atom. The Labute approximate surface area is 95.1 Å². The van der Waals surface area contributed by atoms with Crippen LogP contribution >= 0.6 is 0 Å². The fourth-order valence-corrected chi connectivity index (χ4v) is 1.40. The largest absolute Gasteiger partial charge is 0.378 e. The summed E-state index contributed by atoms with van der Waals surface area (Å²) in [7, 11) is 0. The molecular formula is C12H16FN3. The lowest BCUT2D eigenvalue weighted by molar-refractivity contribution is 0.526. The van der Waals surface area contributed by atoms with Gasteiger partial charge in [-0.2, -0.15) is 5.26 Å². The minimum Gasteiger partial charge on any atom is -0.378 e. The van der Waals surface area contributed by atoms with Gasteiger partial charge in [0.1, 0.15) is 5.82 Å². The molecule has 1 rings (SSSR count). The first-order valence-electron chi connectivity index (χ1n) is 5.24. The van der Waals surface area contributed by atoms with Gasteiger partial charge in [-0.05, 0) is 24.1 Å². The first-order chi connectivity index (χ1) is 7.58. The van der Waals surface area contributed by atoms with E-state index in [0.29, 0.717) is 23.7 Å². The summed E-state index contributed by atoms with van der Waals surface area (Å²) in [6, 6.07) is 6.29. The van der Waals surface area contributed by atoms with E-state index < -0.39 is 5.82 Å². The average molecular weight is 221 g/mol. The third-order valence-corrected chi connectivity index (χ3v) is 2.50. The number of anilines is 1. The van der Waals surface area contributed by atoms with Crippen LogP contribution in [0.15, 0.2) is 18.2 Å². The number of nitrogens with one attached hydrogen (secondary N) is 1. The SMILES string of the molecule is CC(C)C(CN)Nc1ccc(C#N)cc1F. The monoisotopic (exact) mass is 221 g/mol. The molecule has 0 aromatic heterocycles. The van der Waals surface area contributed by atoms with Crippen molar-refractivity contribution in [1.29, 1.82) is 5.26 Å². The van der Waals surface area contributed by atoms with Crippen molar-refractivity contribution in [1.82, 2.24) is 0 Å². The van der Waals surface area contributed by atoms with Crippen LogP contribution < -0.4 is 11.1 Å². The summed E-state index contributed by atoms with van der Waals surface area (Å²) in [5, 5.41) is 11.7. The van der Waals surface area contributed by atoms with Crippen molar-refractivity contribution in [3.05, 3.63) is 29.6 Å². The summed E-state index contributed by atoms with van der Waals surface area (Å²) in [5.41, 5.74) is 6.30. The number of hydrogen-bond donors (Lipinski definition) is 2. The topological polar surface area (TPSA) is 61.8 Å². The lowest BCUT2D eigenvalue weighted by Gasteiger charge is -2.22. The Bertz CT molecular complexity index is 396. The van der Waals surface area contributed by atoms with Crippen LogP contribution in [0.3, 0.4) is 0 Å².